The second-order valence-corrected chi connectivity index (χ2v) is 5.07. The van der Waals surface area contributed by atoms with Crippen molar-refractivity contribution < 1.29 is 22.0 Å². The van der Waals surface area contributed by atoms with Gasteiger partial charge in [0.05, 0.1) is 0 Å². The normalized spacial score (nSPS) is 18.5. The minimum Gasteiger partial charge on any atom is -0.298 e. The molecule has 0 atom stereocenters. The fraction of sp³-hybridized carbons (Fsp3) is 0.571. The van der Waals surface area contributed by atoms with Crippen LogP contribution in [0.1, 0.15) is 17.5 Å². The largest absolute Gasteiger partial charge is 0.458 e. The molecule has 0 spiro atoms. The van der Waals surface area contributed by atoms with Gasteiger partial charge in [-0.25, -0.2) is 5.32 Å². The number of nitrogens with zero attached hydrogens (tertiary/aromatic N) is 2. The van der Waals surface area contributed by atoms with Crippen molar-refractivity contribution in [1.29, 1.82) is 0 Å². The average Bonchev–Trinajstić information content (AvgIpc) is 2.66. The molecule has 0 N–H and O–H groups in total. The molecule has 0 unspecified atom stereocenters. The van der Waals surface area contributed by atoms with E-state index < -0.39 is 17.7 Å². The first-order valence-electron chi connectivity index (χ1n) is 6.70. The van der Waals surface area contributed by atoms with E-state index in [2.05, 4.69) is 5.32 Å². The number of alkyl halides is 5. The molecular weight excluding hydrogens is 291 g/mol. The lowest BCUT2D eigenvalue weighted by Gasteiger charge is -2.22. The molecule has 1 aromatic carbocycles. The molecule has 1 fully saturated rings. The van der Waals surface area contributed by atoms with Crippen LogP contribution in [0.3, 0.4) is 0 Å². The summed E-state index contributed by atoms with van der Waals surface area (Å²) in [7, 11) is 0. The third-order valence-electron chi connectivity index (χ3n) is 3.42. The lowest BCUT2D eigenvalue weighted by molar-refractivity contribution is -0.289. The Morgan fingerprint density at radius 1 is 1.05 bits per heavy atom. The Morgan fingerprint density at radius 3 is 2.52 bits per heavy atom. The highest BCUT2D eigenvalue weighted by Crippen LogP contribution is 2.43. The third kappa shape index (κ3) is 3.91. The highest BCUT2D eigenvalue weighted by atomic mass is 19.4. The van der Waals surface area contributed by atoms with E-state index in [9.17, 15) is 22.0 Å². The maximum atomic E-state index is 13.3. The first-order valence-corrected chi connectivity index (χ1v) is 6.70. The van der Waals surface area contributed by atoms with Crippen LogP contribution in [0.5, 0.6) is 0 Å². The van der Waals surface area contributed by atoms with E-state index >= 15 is 0 Å². The molecule has 1 saturated heterocycles. The standard InChI is InChI=1S/C14H16F5N2/c15-13(16,14(17,18)19)12-4-1-3-11(9-12)10-21-7-2-5-20-6-8-21/h1,3-4,9H,2,5-8,10H2. The molecule has 1 aliphatic heterocycles. The fourth-order valence-electron chi connectivity index (χ4n) is 2.29. The number of halogens is 5. The van der Waals surface area contributed by atoms with Gasteiger partial charge >= 0.3 is 12.1 Å². The highest BCUT2D eigenvalue weighted by molar-refractivity contribution is 5.28. The zero-order valence-corrected chi connectivity index (χ0v) is 11.3. The summed E-state index contributed by atoms with van der Waals surface area (Å²) in [6.45, 7) is 3.25. The quantitative estimate of drug-likeness (QED) is 0.784. The van der Waals surface area contributed by atoms with Crippen molar-refractivity contribution in [2.45, 2.75) is 25.1 Å². The summed E-state index contributed by atoms with van der Waals surface area (Å²) in [5.41, 5.74) is -0.551. The second-order valence-electron chi connectivity index (χ2n) is 5.07. The first kappa shape index (κ1) is 16.2. The van der Waals surface area contributed by atoms with Crippen LogP contribution < -0.4 is 5.32 Å². The van der Waals surface area contributed by atoms with Crippen LogP contribution in [0, 0.1) is 0 Å². The molecule has 21 heavy (non-hydrogen) atoms. The van der Waals surface area contributed by atoms with Crippen LogP contribution in [0.15, 0.2) is 24.3 Å². The van der Waals surface area contributed by atoms with Crippen molar-refractivity contribution in [3.8, 4) is 0 Å². The molecule has 0 aliphatic carbocycles. The topological polar surface area (TPSA) is 17.3 Å². The summed E-state index contributed by atoms with van der Waals surface area (Å²) in [4.78, 5) is 2.02. The van der Waals surface area contributed by atoms with Crippen molar-refractivity contribution in [2.75, 3.05) is 26.2 Å². The lowest BCUT2D eigenvalue weighted by atomic mass is 10.0. The molecule has 1 radical (unpaired) electrons. The van der Waals surface area contributed by atoms with Gasteiger partial charge in [0.1, 0.15) is 0 Å². The number of hydrogen-bond donors (Lipinski definition) is 0. The SMILES string of the molecule is FC(F)(F)C(F)(F)c1cccc(CN2CCC[N]CC2)c1. The van der Waals surface area contributed by atoms with Gasteiger partial charge in [-0.1, -0.05) is 18.2 Å². The summed E-state index contributed by atoms with van der Waals surface area (Å²) in [6.07, 6.45) is -4.70. The summed E-state index contributed by atoms with van der Waals surface area (Å²) >= 11 is 0. The van der Waals surface area contributed by atoms with Gasteiger partial charge in [0, 0.05) is 31.7 Å². The predicted octanol–water partition coefficient (Wildman–Crippen LogP) is 3.15. The van der Waals surface area contributed by atoms with E-state index in [1.54, 1.807) is 6.07 Å². The lowest BCUT2D eigenvalue weighted by Crippen LogP contribution is -2.34. The Morgan fingerprint density at radius 2 is 1.81 bits per heavy atom. The number of hydrogen-bond acceptors (Lipinski definition) is 1. The van der Waals surface area contributed by atoms with Gasteiger partial charge in [0.15, 0.2) is 0 Å². The average molecular weight is 307 g/mol. The second kappa shape index (κ2) is 6.27. The molecule has 7 heteroatoms. The van der Waals surface area contributed by atoms with Gasteiger partial charge in [0.25, 0.3) is 0 Å². The molecule has 2 nitrogen and oxygen atoms in total. The molecule has 117 valence electrons. The smallest absolute Gasteiger partial charge is 0.298 e. The van der Waals surface area contributed by atoms with Crippen LogP contribution in [0.2, 0.25) is 0 Å². The van der Waals surface area contributed by atoms with Crippen molar-refractivity contribution in [3.63, 3.8) is 0 Å². The summed E-state index contributed by atoms with van der Waals surface area (Å²) in [5, 5.41) is 4.24. The Bertz CT molecular complexity index is 465. The van der Waals surface area contributed by atoms with Crippen molar-refractivity contribution in [2.24, 2.45) is 0 Å². The van der Waals surface area contributed by atoms with Gasteiger partial charge < -0.3 is 0 Å². The number of rotatable bonds is 3. The zero-order valence-electron chi connectivity index (χ0n) is 11.3. The fourth-order valence-corrected chi connectivity index (χ4v) is 2.29. The number of benzene rings is 1. The molecule has 0 saturated carbocycles. The Labute approximate surface area is 119 Å². The van der Waals surface area contributed by atoms with E-state index in [1.807, 2.05) is 4.90 Å². The van der Waals surface area contributed by atoms with Gasteiger partial charge in [-0.05, 0) is 24.6 Å². The van der Waals surface area contributed by atoms with Crippen LogP contribution in [0.25, 0.3) is 0 Å². The van der Waals surface area contributed by atoms with Gasteiger partial charge in [0.2, 0.25) is 0 Å². The molecule has 0 aromatic heterocycles. The van der Waals surface area contributed by atoms with E-state index in [-0.39, 0.29) is 0 Å². The molecule has 1 aromatic rings. The predicted molar refractivity (Wildman–Crippen MR) is 68.2 cm³/mol. The van der Waals surface area contributed by atoms with Crippen LogP contribution in [-0.2, 0) is 12.5 Å². The monoisotopic (exact) mass is 307 g/mol. The van der Waals surface area contributed by atoms with E-state index in [0.717, 1.165) is 31.6 Å². The molecule has 0 amide bonds. The van der Waals surface area contributed by atoms with Crippen LogP contribution in [0.4, 0.5) is 22.0 Å². The maximum Gasteiger partial charge on any atom is 0.458 e. The first-order chi connectivity index (χ1) is 9.80. The summed E-state index contributed by atoms with van der Waals surface area (Å²) in [6, 6.07) is 4.56. The molecular formula is C14H16F5N2. The highest BCUT2D eigenvalue weighted by Gasteiger charge is 2.58. The van der Waals surface area contributed by atoms with Gasteiger partial charge in [-0.2, -0.15) is 22.0 Å². The van der Waals surface area contributed by atoms with Crippen LogP contribution in [-0.4, -0.2) is 37.3 Å². The molecule has 2 rings (SSSR count). The van der Waals surface area contributed by atoms with Crippen molar-refractivity contribution in [1.82, 2.24) is 10.2 Å². The van der Waals surface area contributed by atoms with E-state index in [0.29, 0.717) is 25.2 Å². The van der Waals surface area contributed by atoms with Gasteiger partial charge in [-0.3, -0.25) is 4.90 Å². The Hall–Kier alpha value is -1.21. The Balaban J connectivity index is 2.14. The minimum atomic E-state index is -5.58. The maximum absolute atomic E-state index is 13.3. The minimum absolute atomic E-state index is 0.358. The van der Waals surface area contributed by atoms with Gasteiger partial charge in [-0.15, -0.1) is 0 Å². The Kier molecular flexibility index (Phi) is 4.83. The van der Waals surface area contributed by atoms with E-state index in [1.165, 1.54) is 6.07 Å². The summed E-state index contributed by atoms with van der Waals surface area (Å²) < 4.78 is 63.8. The van der Waals surface area contributed by atoms with Crippen molar-refractivity contribution >= 4 is 0 Å². The van der Waals surface area contributed by atoms with Crippen LogP contribution >= 0.6 is 0 Å². The molecule has 1 aliphatic rings. The third-order valence-corrected chi connectivity index (χ3v) is 3.42. The molecule has 0 bridgehead atoms. The van der Waals surface area contributed by atoms with Crippen molar-refractivity contribution in [3.05, 3.63) is 35.4 Å². The zero-order chi connectivity index (χ0) is 15.5. The molecule has 1 heterocycles. The summed E-state index contributed by atoms with van der Waals surface area (Å²) in [5.74, 6) is -4.82. The van der Waals surface area contributed by atoms with E-state index in [4.69, 9.17) is 0 Å².